The molecule has 2 amide bonds. The van der Waals surface area contributed by atoms with Gasteiger partial charge in [0.15, 0.2) is 5.76 Å². The number of furan rings is 1. The van der Waals surface area contributed by atoms with Crippen molar-refractivity contribution in [3.8, 4) is 0 Å². The van der Waals surface area contributed by atoms with Crippen molar-refractivity contribution >= 4 is 11.8 Å². The maximum absolute atomic E-state index is 12.7. The predicted octanol–water partition coefficient (Wildman–Crippen LogP) is 1.83. The van der Waals surface area contributed by atoms with Crippen LogP contribution in [-0.2, 0) is 9.53 Å². The van der Waals surface area contributed by atoms with Gasteiger partial charge in [-0.1, -0.05) is 0 Å². The van der Waals surface area contributed by atoms with Gasteiger partial charge in [0.05, 0.1) is 6.10 Å². The largest absolute Gasteiger partial charge is 0.456 e. The molecule has 2 aliphatic rings. The van der Waals surface area contributed by atoms with E-state index in [4.69, 9.17) is 9.15 Å². The van der Waals surface area contributed by atoms with E-state index in [1.807, 2.05) is 4.90 Å². The zero-order valence-corrected chi connectivity index (χ0v) is 13.6. The van der Waals surface area contributed by atoms with Crippen LogP contribution in [0.2, 0.25) is 0 Å². The minimum atomic E-state index is -0.235. The molecule has 0 aliphatic carbocycles. The minimum Gasteiger partial charge on any atom is -0.456 e. The molecule has 126 valence electrons. The van der Waals surface area contributed by atoms with Crippen LogP contribution < -0.4 is 0 Å². The van der Waals surface area contributed by atoms with Crippen LogP contribution in [0.3, 0.4) is 0 Å². The van der Waals surface area contributed by atoms with Gasteiger partial charge < -0.3 is 19.0 Å². The van der Waals surface area contributed by atoms with Crippen molar-refractivity contribution in [1.82, 2.24) is 9.80 Å². The fourth-order valence-corrected chi connectivity index (χ4v) is 3.19. The van der Waals surface area contributed by atoms with Crippen LogP contribution in [-0.4, -0.2) is 60.5 Å². The van der Waals surface area contributed by atoms with Crippen molar-refractivity contribution in [2.24, 2.45) is 0 Å². The molecule has 0 radical (unpaired) electrons. The molecule has 0 bridgehead atoms. The molecule has 2 aliphatic heterocycles. The maximum atomic E-state index is 12.7. The molecule has 3 heterocycles. The number of amides is 2. The summed E-state index contributed by atoms with van der Waals surface area (Å²) in [5.41, 5.74) is 0. The number of carbonyl (C=O) groups excluding carboxylic acids is 2. The first-order chi connectivity index (χ1) is 11.1. The van der Waals surface area contributed by atoms with E-state index in [2.05, 4.69) is 0 Å². The Balaban J connectivity index is 1.69. The molecule has 0 N–H and O–H groups in total. The Kier molecular flexibility index (Phi) is 5.00. The number of rotatable bonds is 5. The molecule has 1 unspecified atom stereocenters. The lowest BCUT2D eigenvalue weighted by Crippen LogP contribution is -2.44. The van der Waals surface area contributed by atoms with Gasteiger partial charge in [-0.05, 0) is 44.7 Å². The molecular weight excluding hydrogens is 296 g/mol. The lowest BCUT2D eigenvalue weighted by atomic mass is 10.2. The predicted molar refractivity (Wildman–Crippen MR) is 84.1 cm³/mol. The SMILES string of the molecule is Cc1ccc(C(=O)N(CC(=O)N2CCCC2)CC2CCCO2)o1. The zero-order valence-electron chi connectivity index (χ0n) is 13.6. The van der Waals surface area contributed by atoms with Crippen molar-refractivity contribution in [1.29, 1.82) is 0 Å². The molecule has 3 rings (SSSR count). The summed E-state index contributed by atoms with van der Waals surface area (Å²) >= 11 is 0. The van der Waals surface area contributed by atoms with Gasteiger partial charge in [-0.25, -0.2) is 0 Å². The Hall–Kier alpha value is -1.82. The van der Waals surface area contributed by atoms with E-state index in [1.165, 1.54) is 0 Å². The second-order valence-corrected chi connectivity index (χ2v) is 6.32. The monoisotopic (exact) mass is 320 g/mol. The first kappa shape index (κ1) is 16.1. The van der Waals surface area contributed by atoms with Crippen LogP contribution in [0.1, 0.15) is 42.0 Å². The lowest BCUT2D eigenvalue weighted by molar-refractivity contribution is -0.131. The standard InChI is InChI=1S/C17H24N2O4/c1-13-6-7-15(23-13)17(21)19(11-14-5-4-10-22-14)12-16(20)18-8-2-3-9-18/h6-7,14H,2-5,8-12H2,1H3. The highest BCUT2D eigenvalue weighted by Gasteiger charge is 2.28. The fourth-order valence-electron chi connectivity index (χ4n) is 3.19. The highest BCUT2D eigenvalue weighted by atomic mass is 16.5. The minimum absolute atomic E-state index is 0.0112. The number of hydrogen-bond acceptors (Lipinski definition) is 4. The number of aryl methyl sites for hydroxylation is 1. The first-order valence-electron chi connectivity index (χ1n) is 8.38. The smallest absolute Gasteiger partial charge is 0.290 e. The van der Waals surface area contributed by atoms with Gasteiger partial charge in [-0.15, -0.1) is 0 Å². The molecular formula is C17H24N2O4. The Morgan fingerprint density at radius 3 is 2.65 bits per heavy atom. The molecule has 1 atom stereocenters. The van der Waals surface area contributed by atoms with Gasteiger partial charge in [-0.3, -0.25) is 9.59 Å². The summed E-state index contributed by atoms with van der Waals surface area (Å²) in [5.74, 6) is 0.754. The van der Waals surface area contributed by atoms with E-state index in [0.717, 1.165) is 45.4 Å². The summed E-state index contributed by atoms with van der Waals surface area (Å²) in [6.45, 7) is 4.65. The van der Waals surface area contributed by atoms with Crippen LogP contribution in [0.5, 0.6) is 0 Å². The molecule has 0 saturated carbocycles. The van der Waals surface area contributed by atoms with Crippen molar-refractivity contribution in [2.45, 2.75) is 38.7 Å². The second-order valence-electron chi connectivity index (χ2n) is 6.32. The molecule has 6 nitrogen and oxygen atoms in total. The van der Waals surface area contributed by atoms with Crippen LogP contribution in [0.25, 0.3) is 0 Å². The quantitative estimate of drug-likeness (QED) is 0.830. The number of carbonyl (C=O) groups is 2. The van der Waals surface area contributed by atoms with Gasteiger partial charge in [0.1, 0.15) is 12.3 Å². The van der Waals surface area contributed by atoms with Crippen molar-refractivity contribution in [2.75, 3.05) is 32.8 Å². The van der Waals surface area contributed by atoms with Crippen LogP contribution >= 0.6 is 0 Å². The summed E-state index contributed by atoms with van der Waals surface area (Å²) in [7, 11) is 0. The molecule has 2 saturated heterocycles. The van der Waals surface area contributed by atoms with Crippen LogP contribution in [0.4, 0.5) is 0 Å². The molecule has 0 aromatic carbocycles. The lowest BCUT2D eigenvalue weighted by Gasteiger charge is -2.26. The topological polar surface area (TPSA) is 63.0 Å². The van der Waals surface area contributed by atoms with Crippen molar-refractivity contribution in [3.63, 3.8) is 0 Å². The number of hydrogen-bond donors (Lipinski definition) is 0. The Bertz CT molecular complexity index is 557. The highest BCUT2D eigenvalue weighted by molar-refractivity contribution is 5.94. The average molecular weight is 320 g/mol. The van der Waals surface area contributed by atoms with Gasteiger partial charge in [0, 0.05) is 26.2 Å². The normalized spacial score (nSPS) is 20.9. The molecule has 2 fully saturated rings. The Morgan fingerprint density at radius 1 is 1.26 bits per heavy atom. The summed E-state index contributed by atoms with van der Waals surface area (Å²) < 4.78 is 11.1. The number of ether oxygens (including phenoxy) is 1. The molecule has 6 heteroatoms. The third kappa shape index (κ3) is 3.93. The Labute approximate surface area is 136 Å². The van der Waals surface area contributed by atoms with Gasteiger partial charge in [-0.2, -0.15) is 0 Å². The van der Waals surface area contributed by atoms with Gasteiger partial charge in [0.25, 0.3) is 5.91 Å². The summed E-state index contributed by atoms with van der Waals surface area (Å²) in [4.78, 5) is 28.5. The van der Waals surface area contributed by atoms with Crippen LogP contribution in [0.15, 0.2) is 16.5 Å². The second kappa shape index (κ2) is 7.17. The van der Waals surface area contributed by atoms with Crippen molar-refractivity contribution in [3.05, 3.63) is 23.7 Å². The van der Waals surface area contributed by atoms with Gasteiger partial charge >= 0.3 is 0 Å². The van der Waals surface area contributed by atoms with E-state index < -0.39 is 0 Å². The third-order valence-corrected chi connectivity index (χ3v) is 4.47. The van der Waals surface area contributed by atoms with E-state index in [-0.39, 0.29) is 30.2 Å². The molecule has 1 aromatic rings. The van der Waals surface area contributed by atoms with E-state index in [9.17, 15) is 9.59 Å². The molecule has 23 heavy (non-hydrogen) atoms. The molecule has 0 spiro atoms. The summed E-state index contributed by atoms with van der Waals surface area (Å²) in [6.07, 6.45) is 4.04. The maximum Gasteiger partial charge on any atom is 0.290 e. The summed E-state index contributed by atoms with van der Waals surface area (Å²) in [5, 5.41) is 0. The summed E-state index contributed by atoms with van der Waals surface area (Å²) in [6, 6.07) is 3.43. The first-order valence-corrected chi connectivity index (χ1v) is 8.38. The van der Waals surface area contributed by atoms with E-state index >= 15 is 0 Å². The van der Waals surface area contributed by atoms with Crippen molar-refractivity contribution < 1.29 is 18.7 Å². The molecule has 1 aromatic heterocycles. The average Bonchev–Trinajstić information content (AvgIpc) is 3.28. The number of nitrogens with zero attached hydrogens (tertiary/aromatic N) is 2. The van der Waals surface area contributed by atoms with E-state index in [1.54, 1.807) is 24.0 Å². The van der Waals surface area contributed by atoms with E-state index in [0.29, 0.717) is 12.3 Å². The number of likely N-dealkylation sites (tertiary alicyclic amines) is 1. The fraction of sp³-hybridized carbons (Fsp3) is 0.647. The highest BCUT2D eigenvalue weighted by Crippen LogP contribution is 2.17. The zero-order chi connectivity index (χ0) is 16.2. The van der Waals surface area contributed by atoms with Gasteiger partial charge in [0.2, 0.25) is 5.91 Å². The Morgan fingerprint density at radius 2 is 2.04 bits per heavy atom. The third-order valence-electron chi connectivity index (χ3n) is 4.47. The van der Waals surface area contributed by atoms with Crippen LogP contribution in [0, 0.1) is 6.92 Å².